The van der Waals surface area contributed by atoms with Crippen molar-refractivity contribution in [2.24, 2.45) is 22.4 Å². The highest BCUT2D eigenvalue weighted by Crippen LogP contribution is 2.45. The molecule has 23 heavy (non-hydrogen) atoms. The highest BCUT2D eigenvalue weighted by Gasteiger charge is 2.43. The molecule has 1 saturated carbocycles. The third-order valence-corrected chi connectivity index (χ3v) is 6.09. The lowest BCUT2D eigenvalue weighted by molar-refractivity contribution is -0.130. The largest absolute Gasteiger partial charge is 0.326 e. The third kappa shape index (κ3) is 3.93. The summed E-state index contributed by atoms with van der Waals surface area (Å²) in [5.41, 5.74) is 0.256. The van der Waals surface area contributed by atoms with Crippen molar-refractivity contribution in [1.29, 1.82) is 0 Å². The maximum atomic E-state index is 12.9. The van der Waals surface area contributed by atoms with Crippen LogP contribution in [0.3, 0.4) is 0 Å². The molecule has 128 valence electrons. The summed E-state index contributed by atoms with van der Waals surface area (Å²) in [5.74, 6) is 0.963. The third-order valence-electron chi connectivity index (χ3n) is 5.16. The smallest absolute Gasteiger partial charge is 0.238 e. The Morgan fingerprint density at radius 3 is 2.17 bits per heavy atom. The number of sulfonamides is 1. The van der Waals surface area contributed by atoms with E-state index in [0.29, 0.717) is 11.6 Å². The minimum Gasteiger partial charge on any atom is -0.326 e. The molecule has 1 amide bonds. The lowest BCUT2D eigenvalue weighted by Crippen LogP contribution is -2.43. The molecule has 0 aliphatic heterocycles. The Hall–Kier alpha value is -1.40. The van der Waals surface area contributed by atoms with E-state index in [9.17, 15) is 13.2 Å². The normalized spacial score (nSPS) is 25.3. The summed E-state index contributed by atoms with van der Waals surface area (Å²) in [6.07, 6.45) is 3.92. The van der Waals surface area contributed by atoms with E-state index in [1.54, 1.807) is 12.1 Å². The van der Waals surface area contributed by atoms with Gasteiger partial charge in [0.25, 0.3) is 0 Å². The second-order valence-corrected chi connectivity index (χ2v) is 8.58. The molecule has 1 aliphatic carbocycles. The average molecular weight is 338 g/mol. The van der Waals surface area contributed by atoms with Gasteiger partial charge in [-0.25, -0.2) is 13.6 Å². The quantitative estimate of drug-likeness (QED) is 0.884. The van der Waals surface area contributed by atoms with Gasteiger partial charge in [-0.2, -0.15) is 0 Å². The Balaban J connectivity index is 2.16. The Labute approximate surface area is 138 Å². The molecule has 0 spiro atoms. The van der Waals surface area contributed by atoms with Gasteiger partial charge in [0.05, 0.1) is 10.3 Å². The zero-order chi connectivity index (χ0) is 17.3. The van der Waals surface area contributed by atoms with Crippen molar-refractivity contribution in [3.05, 3.63) is 24.3 Å². The van der Waals surface area contributed by atoms with Crippen LogP contribution in [0.4, 0.5) is 5.69 Å². The molecule has 0 heterocycles. The zero-order valence-electron chi connectivity index (χ0n) is 14.0. The molecule has 0 radical (unpaired) electrons. The second kappa shape index (κ2) is 6.61. The van der Waals surface area contributed by atoms with Gasteiger partial charge in [0, 0.05) is 5.69 Å². The summed E-state index contributed by atoms with van der Waals surface area (Å²) >= 11 is 0. The summed E-state index contributed by atoms with van der Waals surface area (Å²) in [6.45, 7) is 6.42. The van der Waals surface area contributed by atoms with Crippen LogP contribution in [-0.4, -0.2) is 14.3 Å². The van der Waals surface area contributed by atoms with E-state index in [4.69, 9.17) is 5.14 Å². The lowest BCUT2D eigenvalue weighted by Gasteiger charge is -2.41. The van der Waals surface area contributed by atoms with Gasteiger partial charge in [0.2, 0.25) is 15.9 Å². The zero-order valence-corrected chi connectivity index (χ0v) is 14.8. The number of carbonyl (C=O) groups excluding carboxylic acids is 1. The van der Waals surface area contributed by atoms with Gasteiger partial charge < -0.3 is 5.32 Å². The van der Waals surface area contributed by atoms with Crippen LogP contribution in [0.15, 0.2) is 29.2 Å². The number of amides is 1. The first-order chi connectivity index (χ1) is 10.6. The minimum absolute atomic E-state index is 0.0303. The molecule has 0 unspecified atom stereocenters. The predicted molar refractivity (Wildman–Crippen MR) is 91.3 cm³/mol. The van der Waals surface area contributed by atoms with Crippen molar-refractivity contribution in [2.45, 2.75) is 51.3 Å². The van der Waals surface area contributed by atoms with Gasteiger partial charge in [0.1, 0.15) is 0 Å². The Morgan fingerprint density at radius 2 is 1.74 bits per heavy atom. The van der Waals surface area contributed by atoms with Gasteiger partial charge in [0.15, 0.2) is 0 Å². The van der Waals surface area contributed by atoms with Crippen molar-refractivity contribution >= 4 is 21.6 Å². The van der Waals surface area contributed by atoms with Crippen molar-refractivity contribution < 1.29 is 13.2 Å². The van der Waals surface area contributed by atoms with Crippen LogP contribution < -0.4 is 10.5 Å². The maximum absolute atomic E-state index is 12.9. The molecular weight excluding hydrogens is 312 g/mol. The van der Waals surface area contributed by atoms with Crippen molar-refractivity contribution in [3.8, 4) is 0 Å². The maximum Gasteiger partial charge on any atom is 0.238 e. The molecular formula is C17H26N2O3S. The van der Waals surface area contributed by atoms with E-state index >= 15 is 0 Å². The Kier molecular flexibility index (Phi) is 5.16. The van der Waals surface area contributed by atoms with Crippen LogP contribution in [0.2, 0.25) is 0 Å². The van der Waals surface area contributed by atoms with E-state index in [2.05, 4.69) is 26.1 Å². The molecule has 1 fully saturated rings. The lowest BCUT2D eigenvalue weighted by atomic mass is 9.64. The number of nitrogens with two attached hydrogens (primary N) is 1. The standard InChI is InChI=1S/C17H26N2O3S/c1-12(2)17(10-8-13(3)9-11-17)16(20)19-14-4-6-15(7-5-14)23(18,21)22/h4-7,12-13H,8-11H2,1-3H3,(H,19,20)(H2,18,21,22). The second-order valence-electron chi connectivity index (χ2n) is 7.02. The fourth-order valence-corrected chi connectivity index (χ4v) is 3.84. The molecule has 1 aromatic rings. The van der Waals surface area contributed by atoms with Crippen LogP contribution in [0.25, 0.3) is 0 Å². The molecule has 1 aliphatic rings. The summed E-state index contributed by atoms with van der Waals surface area (Å²) in [4.78, 5) is 12.9. The Morgan fingerprint density at radius 1 is 1.22 bits per heavy atom. The fraction of sp³-hybridized carbons (Fsp3) is 0.588. The van der Waals surface area contributed by atoms with Crippen LogP contribution >= 0.6 is 0 Å². The molecule has 0 atom stereocenters. The van der Waals surface area contributed by atoms with E-state index in [1.807, 2.05) is 0 Å². The van der Waals surface area contributed by atoms with Crippen LogP contribution in [-0.2, 0) is 14.8 Å². The van der Waals surface area contributed by atoms with Crippen molar-refractivity contribution in [1.82, 2.24) is 0 Å². The number of nitrogens with one attached hydrogen (secondary N) is 1. The van der Waals surface area contributed by atoms with Crippen LogP contribution in [0.5, 0.6) is 0 Å². The number of benzene rings is 1. The first-order valence-electron chi connectivity index (χ1n) is 8.09. The molecule has 6 heteroatoms. The number of primary sulfonamides is 1. The van der Waals surface area contributed by atoms with E-state index in [-0.39, 0.29) is 22.1 Å². The molecule has 1 aromatic carbocycles. The summed E-state index contributed by atoms with van der Waals surface area (Å²) in [6, 6.07) is 5.99. The SMILES string of the molecule is CC1CCC(C(=O)Nc2ccc(S(N)(=O)=O)cc2)(C(C)C)CC1. The number of carbonyl (C=O) groups is 1. The van der Waals surface area contributed by atoms with Gasteiger partial charge >= 0.3 is 0 Å². The average Bonchev–Trinajstić information content (AvgIpc) is 2.47. The fourth-order valence-electron chi connectivity index (χ4n) is 3.33. The number of hydrogen-bond acceptors (Lipinski definition) is 3. The van der Waals surface area contributed by atoms with Crippen LogP contribution in [0, 0.1) is 17.3 Å². The number of anilines is 1. The number of rotatable bonds is 4. The van der Waals surface area contributed by atoms with E-state index < -0.39 is 10.0 Å². The van der Waals surface area contributed by atoms with Gasteiger partial charge in [-0.1, -0.05) is 20.8 Å². The first kappa shape index (κ1) is 17.9. The summed E-state index contributed by atoms with van der Waals surface area (Å²) in [5, 5.41) is 8.04. The predicted octanol–water partition coefficient (Wildman–Crippen LogP) is 3.13. The highest BCUT2D eigenvalue weighted by atomic mass is 32.2. The van der Waals surface area contributed by atoms with Gasteiger partial charge in [-0.15, -0.1) is 0 Å². The molecule has 0 saturated heterocycles. The summed E-state index contributed by atoms with van der Waals surface area (Å²) in [7, 11) is -3.71. The van der Waals surface area contributed by atoms with Gasteiger partial charge in [-0.3, -0.25) is 4.79 Å². The first-order valence-corrected chi connectivity index (χ1v) is 9.64. The molecule has 3 N–H and O–H groups in total. The Bertz CT molecular complexity index is 658. The molecule has 5 nitrogen and oxygen atoms in total. The van der Waals surface area contributed by atoms with Crippen molar-refractivity contribution in [3.63, 3.8) is 0 Å². The van der Waals surface area contributed by atoms with Gasteiger partial charge in [-0.05, 0) is 61.8 Å². The summed E-state index contributed by atoms with van der Waals surface area (Å²) < 4.78 is 22.6. The molecule has 0 aromatic heterocycles. The minimum atomic E-state index is -3.71. The van der Waals surface area contributed by atoms with Crippen molar-refractivity contribution in [2.75, 3.05) is 5.32 Å². The molecule has 0 bridgehead atoms. The molecule has 2 rings (SSSR count). The topological polar surface area (TPSA) is 89.3 Å². The highest BCUT2D eigenvalue weighted by molar-refractivity contribution is 7.89. The van der Waals surface area contributed by atoms with E-state index in [0.717, 1.165) is 25.7 Å². The van der Waals surface area contributed by atoms with E-state index in [1.165, 1.54) is 12.1 Å². The monoisotopic (exact) mass is 338 g/mol. The number of hydrogen-bond donors (Lipinski definition) is 2. The van der Waals surface area contributed by atoms with Crippen LogP contribution in [0.1, 0.15) is 46.5 Å².